The number of rotatable bonds is 6. The van der Waals surface area contributed by atoms with Gasteiger partial charge in [-0.1, -0.05) is 19.3 Å². The van der Waals surface area contributed by atoms with Crippen LogP contribution in [0.3, 0.4) is 0 Å². The van der Waals surface area contributed by atoms with E-state index >= 15 is 0 Å². The van der Waals surface area contributed by atoms with Gasteiger partial charge in [-0.05, 0) is 45.4 Å². The molecule has 0 aromatic carbocycles. The van der Waals surface area contributed by atoms with Gasteiger partial charge in [0.1, 0.15) is 0 Å². The molecule has 1 saturated heterocycles. The van der Waals surface area contributed by atoms with Gasteiger partial charge in [-0.25, -0.2) is 4.79 Å². The van der Waals surface area contributed by atoms with Gasteiger partial charge in [-0.2, -0.15) is 0 Å². The molecule has 25 heavy (non-hydrogen) atoms. The first kappa shape index (κ1) is 22.0. The number of nitrogens with zero attached hydrogens (tertiary/aromatic N) is 1. The Morgan fingerprint density at radius 3 is 2.48 bits per heavy atom. The van der Waals surface area contributed by atoms with Crippen molar-refractivity contribution in [3.05, 3.63) is 0 Å². The molecule has 2 fully saturated rings. The number of likely N-dealkylation sites (tertiary alicyclic amines) is 1. The molecule has 1 saturated carbocycles. The smallest absolute Gasteiger partial charge is 0.315 e. The molecule has 0 aromatic rings. The molecule has 2 aliphatic rings. The Kier molecular flexibility index (Phi) is 10.2. The fourth-order valence-corrected chi connectivity index (χ4v) is 3.88. The van der Waals surface area contributed by atoms with Gasteiger partial charge in [0.05, 0.1) is 0 Å². The molecule has 146 valence electrons. The van der Waals surface area contributed by atoms with E-state index in [9.17, 15) is 9.59 Å². The van der Waals surface area contributed by atoms with Crippen LogP contribution in [0.25, 0.3) is 0 Å². The number of nitrogens with two attached hydrogens (primary N) is 1. The maximum atomic E-state index is 12.4. The zero-order chi connectivity index (χ0) is 17.4. The second-order valence-corrected chi connectivity index (χ2v) is 7.35. The summed E-state index contributed by atoms with van der Waals surface area (Å²) in [6.07, 6.45) is 10.2. The average molecular weight is 375 g/mol. The van der Waals surface area contributed by atoms with Crippen molar-refractivity contribution in [2.45, 2.75) is 89.3 Å². The standard InChI is InChI=1S/C18H34N4O2.ClH/c1-14(19)16-10-5-6-13-22(16)17(23)11-7-12-20-18(24)21-15-8-3-2-4-9-15;/h14-16H,2-13,19H2,1H3,(H2,20,21,24);1H. The molecule has 0 radical (unpaired) electrons. The summed E-state index contributed by atoms with van der Waals surface area (Å²) < 4.78 is 0. The number of carbonyl (C=O) groups is 2. The Bertz CT molecular complexity index is 414. The van der Waals surface area contributed by atoms with Gasteiger partial charge in [0.2, 0.25) is 5.91 Å². The first-order valence-electron chi connectivity index (χ1n) is 9.67. The first-order valence-corrected chi connectivity index (χ1v) is 9.67. The molecule has 6 nitrogen and oxygen atoms in total. The third-order valence-corrected chi connectivity index (χ3v) is 5.27. The lowest BCUT2D eigenvalue weighted by molar-refractivity contribution is -0.135. The summed E-state index contributed by atoms with van der Waals surface area (Å²) in [4.78, 5) is 26.2. The molecule has 0 spiro atoms. The molecular formula is C18H35ClN4O2. The van der Waals surface area contributed by atoms with Crippen LogP contribution in [0.1, 0.15) is 71.1 Å². The van der Waals surface area contributed by atoms with E-state index in [-0.39, 0.29) is 36.4 Å². The van der Waals surface area contributed by atoms with Crippen LogP contribution < -0.4 is 16.4 Å². The number of carbonyl (C=O) groups excluding carboxylic acids is 2. The molecule has 2 atom stereocenters. The summed E-state index contributed by atoms with van der Waals surface area (Å²) in [5.74, 6) is 0.173. The van der Waals surface area contributed by atoms with E-state index in [1.54, 1.807) is 0 Å². The van der Waals surface area contributed by atoms with Crippen molar-refractivity contribution in [1.29, 1.82) is 0 Å². The van der Waals surface area contributed by atoms with Gasteiger partial charge in [0.25, 0.3) is 0 Å². The van der Waals surface area contributed by atoms with Crippen molar-refractivity contribution in [3.8, 4) is 0 Å². The normalized spacial score (nSPS) is 22.6. The van der Waals surface area contributed by atoms with Gasteiger partial charge in [-0.3, -0.25) is 4.79 Å². The highest BCUT2D eigenvalue weighted by Crippen LogP contribution is 2.20. The fourth-order valence-electron chi connectivity index (χ4n) is 3.88. The van der Waals surface area contributed by atoms with Crippen LogP contribution in [0.15, 0.2) is 0 Å². The Balaban J connectivity index is 0.00000312. The van der Waals surface area contributed by atoms with E-state index in [4.69, 9.17) is 5.73 Å². The van der Waals surface area contributed by atoms with Gasteiger partial charge in [0.15, 0.2) is 0 Å². The predicted molar refractivity (Wildman–Crippen MR) is 103 cm³/mol. The highest BCUT2D eigenvalue weighted by atomic mass is 35.5. The third kappa shape index (κ3) is 7.40. The van der Waals surface area contributed by atoms with Gasteiger partial charge < -0.3 is 21.3 Å². The topological polar surface area (TPSA) is 87.5 Å². The van der Waals surface area contributed by atoms with Crippen molar-refractivity contribution in [1.82, 2.24) is 15.5 Å². The van der Waals surface area contributed by atoms with Crippen molar-refractivity contribution < 1.29 is 9.59 Å². The Labute approximate surface area is 158 Å². The van der Waals surface area contributed by atoms with Crippen molar-refractivity contribution in [3.63, 3.8) is 0 Å². The molecule has 0 bridgehead atoms. The number of amides is 3. The van der Waals surface area contributed by atoms with Crippen molar-refractivity contribution >= 4 is 24.3 Å². The summed E-state index contributed by atoms with van der Waals surface area (Å²) in [6.45, 7) is 3.34. The number of hydrogen-bond donors (Lipinski definition) is 3. The Hall–Kier alpha value is -1.01. The summed E-state index contributed by atoms with van der Waals surface area (Å²) in [7, 11) is 0. The van der Waals surface area contributed by atoms with Crippen molar-refractivity contribution in [2.24, 2.45) is 5.73 Å². The summed E-state index contributed by atoms with van der Waals surface area (Å²) in [5, 5.41) is 5.91. The van der Waals surface area contributed by atoms with E-state index in [1.807, 2.05) is 11.8 Å². The molecule has 3 amide bonds. The van der Waals surface area contributed by atoms with E-state index < -0.39 is 0 Å². The highest BCUT2D eigenvalue weighted by Gasteiger charge is 2.28. The second-order valence-electron chi connectivity index (χ2n) is 7.35. The van der Waals surface area contributed by atoms with Crippen LogP contribution in [0, 0.1) is 0 Å². The summed E-state index contributed by atoms with van der Waals surface area (Å²) in [6, 6.07) is 0.420. The zero-order valence-electron chi connectivity index (χ0n) is 15.5. The monoisotopic (exact) mass is 374 g/mol. The molecule has 0 aromatic heterocycles. The quantitative estimate of drug-likeness (QED) is 0.624. The summed E-state index contributed by atoms with van der Waals surface area (Å²) in [5.41, 5.74) is 6.02. The zero-order valence-corrected chi connectivity index (χ0v) is 16.3. The summed E-state index contributed by atoms with van der Waals surface area (Å²) >= 11 is 0. The van der Waals surface area contributed by atoms with Crippen LogP contribution >= 0.6 is 12.4 Å². The van der Waals surface area contributed by atoms with E-state index in [1.165, 1.54) is 19.3 Å². The van der Waals surface area contributed by atoms with Crippen LogP contribution in [-0.2, 0) is 4.79 Å². The number of piperidine rings is 1. The molecule has 1 heterocycles. The number of urea groups is 1. The molecule has 4 N–H and O–H groups in total. The van der Waals surface area contributed by atoms with Crippen LogP contribution in [0.4, 0.5) is 4.79 Å². The first-order chi connectivity index (χ1) is 11.6. The number of halogens is 1. The lowest BCUT2D eigenvalue weighted by atomic mass is 9.96. The number of nitrogens with one attached hydrogen (secondary N) is 2. The van der Waals surface area contributed by atoms with Gasteiger partial charge in [-0.15, -0.1) is 12.4 Å². The predicted octanol–water partition coefficient (Wildman–Crippen LogP) is 2.55. The van der Waals surface area contributed by atoms with Crippen LogP contribution in [0.2, 0.25) is 0 Å². The minimum atomic E-state index is -0.0965. The largest absolute Gasteiger partial charge is 0.338 e. The Morgan fingerprint density at radius 1 is 1.12 bits per heavy atom. The Morgan fingerprint density at radius 2 is 1.80 bits per heavy atom. The fraction of sp³-hybridized carbons (Fsp3) is 0.889. The molecular weight excluding hydrogens is 340 g/mol. The lowest BCUT2D eigenvalue weighted by Gasteiger charge is -2.38. The third-order valence-electron chi connectivity index (χ3n) is 5.27. The lowest BCUT2D eigenvalue weighted by Crippen LogP contribution is -2.51. The number of hydrogen-bond acceptors (Lipinski definition) is 3. The van der Waals surface area contributed by atoms with E-state index in [0.29, 0.717) is 25.4 Å². The van der Waals surface area contributed by atoms with E-state index in [0.717, 1.165) is 38.6 Å². The minimum Gasteiger partial charge on any atom is -0.338 e. The SMILES string of the molecule is CC(N)C1CCCCN1C(=O)CCCNC(=O)NC1CCCCC1.Cl. The second kappa shape index (κ2) is 11.6. The molecule has 7 heteroatoms. The molecule has 2 unspecified atom stereocenters. The maximum Gasteiger partial charge on any atom is 0.315 e. The van der Waals surface area contributed by atoms with Crippen LogP contribution in [-0.4, -0.2) is 48.1 Å². The van der Waals surface area contributed by atoms with Gasteiger partial charge >= 0.3 is 6.03 Å². The van der Waals surface area contributed by atoms with Gasteiger partial charge in [0, 0.05) is 37.6 Å². The maximum absolute atomic E-state index is 12.4. The molecule has 1 aliphatic carbocycles. The van der Waals surface area contributed by atoms with Crippen LogP contribution in [0.5, 0.6) is 0 Å². The minimum absolute atomic E-state index is 0. The average Bonchev–Trinajstić information content (AvgIpc) is 2.59. The highest BCUT2D eigenvalue weighted by molar-refractivity contribution is 5.85. The molecule has 1 aliphatic heterocycles. The molecule has 2 rings (SSSR count). The van der Waals surface area contributed by atoms with E-state index in [2.05, 4.69) is 10.6 Å². The van der Waals surface area contributed by atoms with Crippen molar-refractivity contribution in [2.75, 3.05) is 13.1 Å².